The maximum absolute atomic E-state index is 11.9. The van der Waals surface area contributed by atoms with Crippen molar-refractivity contribution in [2.24, 2.45) is 0 Å². The van der Waals surface area contributed by atoms with Gasteiger partial charge >= 0.3 is 12.0 Å². The summed E-state index contributed by atoms with van der Waals surface area (Å²) < 4.78 is 10.2. The molecule has 20 heavy (non-hydrogen) atoms. The lowest BCUT2D eigenvalue weighted by atomic mass is 10.2. The van der Waals surface area contributed by atoms with Gasteiger partial charge in [0.1, 0.15) is 17.5 Å². The molecule has 0 fully saturated rings. The molecular formula is C13H18N2O5. The van der Waals surface area contributed by atoms with Gasteiger partial charge in [0.15, 0.2) is 0 Å². The molecule has 0 aliphatic carbocycles. The zero-order valence-corrected chi connectivity index (χ0v) is 11.8. The normalized spacial score (nSPS) is 11.4. The van der Waals surface area contributed by atoms with Crippen molar-refractivity contribution in [3.8, 4) is 11.5 Å². The molecule has 7 heteroatoms. The van der Waals surface area contributed by atoms with Crippen LogP contribution in [0.3, 0.4) is 0 Å². The number of aliphatic carboxylic acids is 1. The van der Waals surface area contributed by atoms with E-state index in [0.717, 1.165) is 4.90 Å². The van der Waals surface area contributed by atoms with E-state index < -0.39 is 18.0 Å². The number of methoxy groups -OCH3 is 2. The minimum atomic E-state index is -1.08. The Balaban J connectivity index is 2.87. The van der Waals surface area contributed by atoms with Crippen LogP contribution >= 0.6 is 0 Å². The molecule has 2 amide bonds. The molecule has 1 aromatic rings. The van der Waals surface area contributed by atoms with Crippen molar-refractivity contribution in [1.29, 1.82) is 0 Å². The summed E-state index contributed by atoms with van der Waals surface area (Å²) >= 11 is 0. The first-order chi connectivity index (χ1) is 9.40. The number of likely N-dealkylation sites (N-methyl/N-ethyl adjacent to an activating group) is 1. The van der Waals surface area contributed by atoms with E-state index in [4.69, 9.17) is 14.6 Å². The van der Waals surface area contributed by atoms with Gasteiger partial charge in [-0.1, -0.05) is 0 Å². The number of hydrogen-bond donors (Lipinski definition) is 2. The highest BCUT2D eigenvalue weighted by molar-refractivity contribution is 5.93. The summed E-state index contributed by atoms with van der Waals surface area (Å²) in [6.45, 7) is 1.42. The Morgan fingerprint density at radius 3 is 2.45 bits per heavy atom. The number of carbonyl (C=O) groups excluding carboxylic acids is 1. The van der Waals surface area contributed by atoms with Crippen molar-refractivity contribution in [2.75, 3.05) is 26.6 Å². The zero-order chi connectivity index (χ0) is 15.3. The van der Waals surface area contributed by atoms with Crippen LogP contribution in [-0.2, 0) is 4.79 Å². The van der Waals surface area contributed by atoms with Crippen molar-refractivity contribution < 1.29 is 24.2 Å². The number of urea groups is 1. The Morgan fingerprint density at radius 1 is 1.30 bits per heavy atom. The van der Waals surface area contributed by atoms with Gasteiger partial charge in [-0.05, 0) is 19.1 Å². The van der Waals surface area contributed by atoms with E-state index in [-0.39, 0.29) is 0 Å². The van der Waals surface area contributed by atoms with Crippen molar-refractivity contribution >= 4 is 17.7 Å². The molecule has 7 nitrogen and oxygen atoms in total. The lowest BCUT2D eigenvalue weighted by molar-refractivity contribution is -0.141. The first-order valence-corrected chi connectivity index (χ1v) is 5.89. The highest BCUT2D eigenvalue weighted by atomic mass is 16.5. The molecule has 0 radical (unpaired) electrons. The first-order valence-electron chi connectivity index (χ1n) is 5.89. The van der Waals surface area contributed by atoms with Gasteiger partial charge in [0, 0.05) is 13.1 Å². The van der Waals surface area contributed by atoms with Crippen molar-refractivity contribution in [1.82, 2.24) is 4.90 Å². The van der Waals surface area contributed by atoms with Gasteiger partial charge in [-0.15, -0.1) is 0 Å². The SMILES string of the molecule is COc1ccc(NC(=O)N(C)C(C)C(=O)O)c(OC)c1. The highest BCUT2D eigenvalue weighted by Gasteiger charge is 2.22. The summed E-state index contributed by atoms with van der Waals surface area (Å²) in [4.78, 5) is 23.9. The van der Waals surface area contributed by atoms with Crippen LogP contribution in [0.4, 0.5) is 10.5 Å². The Bertz CT molecular complexity index is 504. The Labute approximate surface area is 117 Å². The number of rotatable bonds is 5. The van der Waals surface area contributed by atoms with Crippen LogP contribution in [0.15, 0.2) is 18.2 Å². The van der Waals surface area contributed by atoms with Gasteiger partial charge in [0.2, 0.25) is 0 Å². The molecular weight excluding hydrogens is 264 g/mol. The summed E-state index contributed by atoms with van der Waals surface area (Å²) in [5, 5.41) is 11.5. The average Bonchev–Trinajstić information content (AvgIpc) is 2.45. The molecule has 0 aliphatic heterocycles. The minimum Gasteiger partial charge on any atom is -0.497 e. The number of carbonyl (C=O) groups is 2. The van der Waals surface area contributed by atoms with E-state index in [0.29, 0.717) is 17.2 Å². The van der Waals surface area contributed by atoms with Crippen LogP contribution < -0.4 is 14.8 Å². The molecule has 2 N–H and O–H groups in total. The standard InChI is InChI=1S/C13H18N2O5/c1-8(12(16)17)15(2)13(18)14-10-6-5-9(19-3)7-11(10)20-4/h5-8H,1-4H3,(H,14,18)(H,16,17). The van der Waals surface area contributed by atoms with Crippen molar-refractivity contribution in [3.05, 3.63) is 18.2 Å². The molecule has 0 aliphatic rings. The third-order valence-corrected chi connectivity index (χ3v) is 2.91. The van der Waals surface area contributed by atoms with Crippen LogP contribution in [0.2, 0.25) is 0 Å². The van der Waals surface area contributed by atoms with E-state index in [1.165, 1.54) is 28.2 Å². The van der Waals surface area contributed by atoms with Gasteiger partial charge in [0.05, 0.1) is 19.9 Å². The number of hydrogen-bond acceptors (Lipinski definition) is 4. The van der Waals surface area contributed by atoms with Gasteiger partial charge in [-0.3, -0.25) is 0 Å². The number of ether oxygens (including phenoxy) is 2. The fourth-order valence-corrected chi connectivity index (χ4v) is 1.45. The molecule has 0 heterocycles. The van der Waals surface area contributed by atoms with Gasteiger partial charge in [-0.25, -0.2) is 9.59 Å². The largest absolute Gasteiger partial charge is 0.497 e. The molecule has 1 rings (SSSR count). The summed E-state index contributed by atoms with van der Waals surface area (Å²) in [7, 11) is 4.40. The molecule has 0 saturated carbocycles. The molecule has 0 aromatic heterocycles. The fraction of sp³-hybridized carbons (Fsp3) is 0.385. The van der Waals surface area contributed by atoms with Crippen LogP contribution in [0.25, 0.3) is 0 Å². The lowest BCUT2D eigenvalue weighted by Crippen LogP contribution is -2.42. The molecule has 0 bridgehead atoms. The number of carboxylic acids is 1. The number of nitrogens with zero attached hydrogens (tertiary/aromatic N) is 1. The lowest BCUT2D eigenvalue weighted by Gasteiger charge is -2.22. The fourth-order valence-electron chi connectivity index (χ4n) is 1.45. The highest BCUT2D eigenvalue weighted by Crippen LogP contribution is 2.29. The summed E-state index contributed by atoms with van der Waals surface area (Å²) in [5.74, 6) is -0.0643. The molecule has 0 spiro atoms. The average molecular weight is 282 g/mol. The second kappa shape index (κ2) is 6.65. The molecule has 1 aromatic carbocycles. The molecule has 0 saturated heterocycles. The molecule has 1 unspecified atom stereocenters. The Hall–Kier alpha value is -2.44. The maximum Gasteiger partial charge on any atom is 0.326 e. The number of nitrogens with one attached hydrogen (secondary N) is 1. The third kappa shape index (κ3) is 3.53. The second-order valence-electron chi connectivity index (χ2n) is 4.12. The van der Waals surface area contributed by atoms with Crippen LogP contribution in [0, 0.1) is 0 Å². The Kier molecular flexibility index (Phi) is 5.19. The van der Waals surface area contributed by atoms with Gasteiger partial charge in [0.25, 0.3) is 0 Å². The van der Waals surface area contributed by atoms with Crippen LogP contribution in [0.5, 0.6) is 11.5 Å². The van der Waals surface area contributed by atoms with E-state index in [9.17, 15) is 9.59 Å². The van der Waals surface area contributed by atoms with Crippen molar-refractivity contribution in [3.63, 3.8) is 0 Å². The smallest absolute Gasteiger partial charge is 0.326 e. The first kappa shape index (κ1) is 15.6. The Morgan fingerprint density at radius 2 is 1.95 bits per heavy atom. The van der Waals surface area contributed by atoms with Gasteiger partial charge in [-0.2, -0.15) is 0 Å². The molecule has 1 atom stereocenters. The van der Waals surface area contributed by atoms with Crippen LogP contribution in [-0.4, -0.2) is 49.3 Å². The number of anilines is 1. The number of amides is 2. The van der Waals surface area contributed by atoms with E-state index in [1.54, 1.807) is 18.2 Å². The van der Waals surface area contributed by atoms with Crippen LogP contribution in [0.1, 0.15) is 6.92 Å². The topological polar surface area (TPSA) is 88.1 Å². The second-order valence-corrected chi connectivity index (χ2v) is 4.12. The minimum absolute atomic E-state index is 0.425. The van der Waals surface area contributed by atoms with Crippen molar-refractivity contribution in [2.45, 2.75) is 13.0 Å². The van der Waals surface area contributed by atoms with Gasteiger partial charge < -0.3 is 24.8 Å². The quantitative estimate of drug-likeness (QED) is 0.857. The monoisotopic (exact) mass is 282 g/mol. The summed E-state index contributed by atoms with van der Waals surface area (Å²) in [5.41, 5.74) is 0.433. The predicted molar refractivity (Wildman–Crippen MR) is 73.4 cm³/mol. The van der Waals surface area contributed by atoms with E-state index in [1.807, 2.05) is 0 Å². The zero-order valence-electron chi connectivity index (χ0n) is 11.8. The summed E-state index contributed by atoms with van der Waals surface area (Å²) in [6.07, 6.45) is 0. The maximum atomic E-state index is 11.9. The number of benzene rings is 1. The number of carboxylic acid groups (broad SMARTS) is 1. The predicted octanol–water partition coefficient (Wildman–Crippen LogP) is 1.64. The van der Waals surface area contributed by atoms with E-state index in [2.05, 4.69) is 5.32 Å². The van der Waals surface area contributed by atoms with E-state index >= 15 is 0 Å². The third-order valence-electron chi connectivity index (χ3n) is 2.91. The molecule has 110 valence electrons. The summed E-state index contributed by atoms with van der Waals surface area (Å²) in [6, 6.07) is 3.44.